The molecule has 5 aliphatic carbocycles. The second kappa shape index (κ2) is 11.0. The lowest BCUT2D eigenvalue weighted by Gasteiger charge is -2.61. The Hall–Kier alpha value is -6.06. The fourth-order valence-electron chi connectivity index (χ4n) is 12.5. The molecule has 4 fully saturated rings. The van der Waals surface area contributed by atoms with Crippen LogP contribution in [-0.4, -0.2) is 9.97 Å². The van der Waals surface area contributed by atoms with Gasteiger partial charge in [0.1, 0.15) is 11.2 Å². The van der Waals surface area contributed by atoms with Gasteiger partial charge in [0.25, 0.3) is 0 Å². The van der Waals surface area contributed by atoms with Crippen molar-refractivity contribution in [3.63, 3.8) is 0 Å². The summed E-state index contributed by atoms with van der Waals surface area (Å²) in [6.45, 7) is 0. The van der Waals surface area contributed by atoms with Gasteiger partial charge in [-0.05, 0) is 154 Å². The zero-order chi connectivity index (χ0) is 35.8. The predicted octanol–water partition coefficient (Wildman–Crippen LogP) is 13.4. The van der Waals surface area contributed by atoms with Gasteiger partial charge in [0.05, 0.1) is 11.0 Å². The molecule has 4 saturated carbocycles. The summed E-state index contributed by atoms with van der Waals surface area (Å²) in [6, 6.07) is 49.8. The molecule has 0 N–H and O–H groups in total. The Bertz CT molecular complexity index is 3030. The molecule has 6 aromatic carbocycles. The summed E-state index contributed by atoms with van der Waals surface area (Å²) in [5.41, 5.74) is 17.4. The van der Waals surface area contributed by atoms with Crippen molar-refractivity contribution < 1.29 is 4.42 Å². The summed E-state index contributed by atoms with van der Waals surface area (Å²) >= 11 is 0. The van der Waals surface area contributed by atoms with E-state index in [0.717, 1.165) is 44.8 Å². The summed E-state index contributed by atoms with van der Waals surface area (Å²) < 4.78 is 6.44. The highest BCUT2D eigenvalue weighted by Crippen LogP contribution is 2.70. The smallest absolute Gasteiger partial charge is 0.136 e. The van der Waals surface area contributed by atoms with Crippen LogP contribution in [0.25, 0.3) is 88.3 Å². The number of pyridine rings is 2. The van der Waals surface area contributed by atoms with Crippen LogP contribution >= 0.6 is 0 Å². The minimum Gasteiger partial charge on any atom is -0.456 e. The highest BCUT2D eigenvalue weighted by molar-refractivity contribution is 6.13. The monoisotopic (exact) mass is 706 g/mol. The van der Waals surface area contributed by atoms with Crippen LogP contribution < -0.4 is 0 Å². The zero-order valence-corrected chi connectivity index (χ0v) is 30.5. The van der Waals surface area contributed by atoms with Gasteiger partial charge >= 0.3 is 0 Å². The fourth-order valence-corrected chi connectivity index (χ4v) is 12.5. The van der Waals surface area contributed by atoms with E-state index >= 15 is 0 Å². The number of fused-ring (bicyclic) bond motifs is 9. The maximum Gasteiger partial charge on any atom is 0.136 e. The Morgan fingerprint density at radius 2 is 1.13 bits per heavy atom. The molecule has 3 aromatic heterocycles. The number of benzene rings is 6. The van der Waals surface area contributed by atoms with E-state index in [4.69, 9.17) is 14.4 Å². The molecule has 14 rings (SSSR count). The lowest BCUT2D eigenvalue weighted by atomic mass is 9.42. The molecule has 3 heterocycles. The second-order valence-electron chi connectivity index (χ2n) is 16.9. The van der Waals surface area contributed by atoms with Crippen LogP contribution in [0.5, 0.6) is 0 Å². The van der Waals surface area contributed by atoms with Crippen molar-refractivity contribution in [2.75, 3.05) is 0 Å². The molecule has 3 nitrogen and oxygen atoms in total. The number of furan rings is 1. The van der Waals surface area contributed by atoms with Gasteiger partial charge in [0.2, 0.25) is 0 Å². The van der Waals surface area contributed by atoms with Crippen molar-refractivity contribution in [2.24, 2.45) is 23.7 Å². The third-order valence-corrected chi connectivity index (χ3v) is 14.3. The van der Waals surface area contributed by atoms with Gasteiger partial charge in [-0.15, -0.1) is 0 Å². The number of nitrogens with zero attached hydrogens (tertiary/aromatic N) is 2. The number of rotatable bonds is 3. The first-order chi connectivity index (χ1) is 27.2. The minimum absolute atomic E-state index is 0.0491. The molecule has 0 saturated heterocycles. The lowest BCUT2D eigenvalue weighted by molar-refractivity contribution is -0.0397. The predicted molar refractivity (Wildman–Crippen MR) is 224 cm³/mol. The molecule has 262 valence electrons. The molecule has 0 amide bonds. The van der Waals surface area contributed by atoms with Gasteiger partial charge in [-0.25, -0.2) is 0 Å². The quantitative estimate of drug-likeness (QED) is 0.172. The van der Waals surface area contributed by atoms with Gasteiger partial charge in [-0.3, -0.25) is 9.97 Å². The number of aromatic nitrogens is 2. The molecule has 0 aliphatic heterocycles. The Morgan fingerprint density at radius 1 is 0.473 bits per heavy atom. The van der Waals surface area contributed by atoms with E-state index in [0.29, 0.717) is 11.8 Å². The van der Waals surface area contributed by atoms with Crippen molar-refractivity contribution >= 4 is 43.7 Å². The number of para-hydroxylation sites is 1. The second-order valence-corrected chi connectivity index (χ2v) is 16.9. The van der Waals surface area contributed by atoms with Crippen LogP contribution in [0.1, 0.15) is 43.2 Å². The standard InChI is InChI=1S/C52H38N2O/c1-3-13-45-39(9-1)44-29-35(38-11-5-15-47-48(38)41-10-2-4-14-46(41)55-47)28-43(49(44)52(45)36-23-30-22-31(25-36)26-37(52)24-30)33-18-16-32(17-19-33)42-27-34-8-6-20-53-50(34)51-40(42)12-7-21-54-51/h1-21,27-31,36-37H,22-26H2. The van der Waals surface area contributed by atoms with Crippen LogP contribution in [0.2, 0.25) is 0 Å². The normalized spacial score (nSPS) is 23.3. The highest BCUT2D eigenvalue weighted by Gasteiger charge is 2.62. The van der Waals surface area contributed by atoms with Crippen molar-refractivity contribution in [3.05, 3.63) is 157 Å². The fraction of sp³-hybridized carbons (Fsp3) is 0.192. The first kappa shape index (κ1) is 30.3. The van der Waals surface area contributed by atoms with E-state index < -0.39 is 0 Å². The van der Waals surface area contributed by atoms with E-state index in [9.17, 15) is 0 Å². The first-order valence-electron chi connectivity index (χ1n) is 20.1. The Balaban J connectivity index is 1.07. The molecule has 9 aromatic rings. The zero-order valence-electron chi connectivity index (χ0n) is 30.5. The molecule has 5 aliphatic rings. The molecule has 0 atom stereocenters. The van der Waals surface area contributed by atoms with E-state index in [-0.39, 0.29) is 5.41 Å². The average Bonchev–Trinajstić information content (AvgIpc) is 3.76. The van der Waals surface area contributed by atoms with E-state index in [2.05, 4.69) is 121 Å². The van der Waals surface area contributed by atoms with Crippen molar-refractivity contribution in [3.8, 4) is 44.5 Å². The molecule has 4 bridgehead atoms. The molecular weight excluding hydrogens is 669 g/mol. The maximum absolute atomic E-state index is 6.44. The van der Waals surface area contributed by atoms with Gasteiger partial charge in [-0.1, -0.05) is 91.0 Å². The van der Waals surface area contributed by atoms with Gasteiger partial charge in [-0.2, -0.15) is 0 Å². The molecule has 1 spiro atoms. The Kier molecular flexibility index (Phi) is 6.06. The summed E-state index contributed by atoms with van der Waals surface area (Å²) in [6.07, 6.45) is 10.6. The van der Waals surface area contributed by atoms with Crippen LogP contribution in [-0.2, 0) is 5.41 Å². The summed E-state index contributed by atoms with van der Waals surface area (Å²) in [7, 11) is 0. The van der Waals surface area contributed by atoms with Gasteiger partial charge in [0.15, 0.2) is 0 Å². The van der Waals surface area contributed by atoms with Crippen molar-refractivity contribution in [2.45, 2.75) is 37.5 Å². The average molecular weight is 707 g/mol. The molecule has 0 unspecified atom stereocenters. The van der Waals surface area contributed by atoms with Gasteiger partial charge < -0.3 is 4.42 Å². The van der Waals surface area contributed by atoms with Crippen molar-refractivity contribution in [1.29, 1.82) is 0 Å². The van der Waals surface area contributed by atoms with E-state index in [1.54, 1.807) is 11.1 Å². The molecule has 0 radical (unpaired) electrons. The summed E-state index contributed by atoms with van der Waals surface area (Å²) in [4.78, 5) is 9.53. The lowest BCUT2D eigenvalue weighted by Crippen LogP contribution is -2.55. The highest BCUT2D eigenvalue weighted by atomic mass is 16.3. The van der Waals surface area contributed by atoms with Crippen LogP contribution in [0.4, 0.5) is 0 Å². The summed E-state index contributed by atoms with van der Waals surface area (Å²) in [5.74, 6) is 3.14. The Morgan fingerprint density at radius 3 is 1.96 bits per heavy atom. The largest absolute Gasteiger partial charge is 0.456 e. The Labute approximate surface area is 319 Å². The molecular formula is C52H38N2O. The third kappa shape index (κ3) is 4.06. The summed E-state index contributed by atoms with van der Waals surface area (Å²) in [5, 5.41) is 4.61. The van der Waals surface area contributed by atoms with Crippen molar-refractivity contribution in [1.82, 2.24) is 9.97 Å². The third-order valence-electron chi connectivity index (χ3n) is 14.3. The van der Waals surface area contributed by atoms with E-state index in [1.807, 2.05) is 24.5 Å². The minimum atomic E-state index is 0.0491. The maximum atomic E-state index is 6.44. The van der Waals surface area contributed by atoms with Crippen LogP contribution in [0.15, 0.2) is 150 Å². The molecule has 55 heavy (non-hydrogen) atoms. The van der Waals surface area contributed by atoms with Gasteiger partial charge in [0, 0.05) is 39.4 Å². The number of hydrogen-bond acceptors (Lipinski definition) is 3. The first-order valence-corrected chi connectivity index (χ1v) is 20.1. The SMILES string of the molecule is c1ccc2c(c1)-c1cc(-c3cccc4oc5ccccc5c34)cc(-c3ccc(-c4cc5cccnc5c5ncccc45)cc3)c1C21C2CC3CC(C2)CC1C3. The van der Waals surface area contributed by atoms with Crippen LogP contribution in [0.3, 0.4) is 0 Å². The molecule has 3 heteroatoms. The van der Waals surface area contributed by atoms with Crippen LogP contribution in [0, 0.1) is 23.7 Å². The number of hydrogen-bond donors (Lipinski definition) is 0. The van der Waals surface area contributed by atoms with E-state index in [1.165, 1.54) is 87.4 Å². The topological polar surface area (TPSA) is 38.9 Å².